The molecular weight excluding hydrogens is 376 g/mol. The molecule has 0 spiro atoms. The van der Waals surface area contributed by atoms with Crippen molar-refractivity contribution in [2.75, 3.05) is 5.32 Å². The van der Waals surface area contributed by atoms with Gasteiger partial charge in [0.1, 0.15) is 22.2 Å². The summed E-state index contributed by atoms with van der Waals surface area (Å²) < 4.78 is 0.917. The van der Waals surface area contributed by atoms with Crippen LogP contribution in [-0.2, 0) is 0 Å². The Balaban J connectivity index is 1.99. The Morgan fingerprint density at radius 3 is 2.57 bits per heavy atom. The van der Waals surface area contributed by atoms with Crippen molar-refractivity contribution in [2.45, 2.75) is 13.8 Å². The lowest BCUT2D eigenvalue weighted by atomic mass is 10.2. The Morgan fingerprint density at radius 1 is 1.18 bits per heavy atom. The predicted octanol–water partition coefficient (Wildman–Crippen LogP) is 2.94. The maximum Gasteiger partial charge on any atom is 0.283 e. The number of thiophene rings is 1. The monoisotopic (exact) mass is 390 g/mol. The Hall–Kier alpha value is -3.70. The van der Waals surface area contributed by atoms with E-state index in [1.165, 1.54) is 17.4 Å². The molecule has 138 valence electrons. The van der Waals surface area contributed by atoms with Crippen molar-refractivity contribution in [3.63, 3.8) is 0 Å². The summed E-state index contributed by atoms with van der Waals surface area (Å²) in [5.74, 6) is -0.499. The normalized spacial score (nSPS) is 10.9. The quantitative estimate of drug-likeness (QED) is 0.549. The number of pyridine rings is 1. The van der Waals surface area contributed by atoms with E-state index in [0.717, 1.165) is 14.8 Å². The third-order valence-corrected chi connectivity index (χ3v) is 5.76. The van der Waals surface area contributed by atoms with E-state index in [1.807, 2.05) is 19.9 Å². The van der Waals surface area contributed by atoms with Crippen LogP contribution in [0.15, 0.2) is 46.0 Å². The van der Waals surface area contributed by atoms with Gasteiger partial charge in [0.2, 0.25) is 0 Å². The van der Waals surface area contributed by atoms with Gasteiger partial charge in [-0.2, -0.15) is 5.26 Å². The highest BCUT2D eigenvalue weighted by atomic mass is 32.1. The first-order valence-electron chi connectivity index (χ1n) is 8.40. The van der Waals surface area contributed by atoms with Gasteiger partial charge in [0.25, 0.3) is 17.0 Å². The summed E-state index contributed by atoms with van der Waals surface area (Å²) in [5, 5.41) is 12.5. The van der Waals surface area contributed by atoms with Crippen LogP contribution in [0, 0.1) is 25.2 Å². The van der Waals surface area contributed by atoms with E-state index in [1.54, 1.807) is 30.3 Å². The number of rotatable bonds is 2. The number of nitrogens with one attached hydrogen (secondary N) is 2. The van der Waals surface area contributed by atoms with Gasteiger partial charge < -0.3 is 10.3 Å². The van der Waals surface area contributed by atoms with Crippen molar-refractivity contribution in [1.82, 2.24) is 9.38 Å². The third-order valence-electron chi connectivity index (χ3n) is 4.64. The molecule has 1 aromatic carbocycles. The molecule has 3 aromatic heterocycles. The highest BCUT2D eigenvalue weighted by Crippen LogP contribution is 2.27. The zero-order valence-corrected chi connectivity index (χ0v) is 15.8. The van der Waals surface area contributed by atoms with Crippen molar-refractivity contribution in [3.8, 4) is 6.07 Å². The summed E-state index contributed by atoms with van der Waals surface area (Å²) in [6.45, 7) is 3.70. The smallest absolute Gasteiger partial charge is 0.283 e. The van der Waals surface area contributed by atoms with Crippen LogP contribution in [0.25, 0.3) is 15.9 Å². The fourth-order valence-corrected chi connectivity index (χ4v) is 4.14. The molecule has 0 saturated carbocycles. The maximum absolute atomic E-state index is 13.0. The number of H-pyrrole nitrogens is 1. The molecule has 0 fully saturated rings. The number of aryl methyl sites for hydroxylation is 2. The molecule has 3 heterocycles. The molecule has 0 saturated heterocycles. The van der Waals surface area contributed by atoms with Gasteiger partial charge in [-0.15, -0.1) is 11.3 Å². The second-order valence-corrected chi connectivity index (χ2v) is 7.54. The van der Waals surface area contributed by atoms with Gasteiger partial charge in [-0.05, 0) is 37.6 Å². The second kappa shape index (κ2) is 6.48. The number of amides is 1. The molecule has 0 radical (unpaired) electrons. The van der Waals surface area contributed by atoms with Crippen molar-refractivity contribution in [1.29, 1.82) is 5.26 Å². The standard InChI is InChI=1S/C20H14N4O3S/c1-10-11(2)28-18-15(10)20(27)24-16(23-18)13(9-21)8-14(19(24)26)22-17(25)12-6-4-3-5-7-12/h3-8,23H,1-2H3,(H,22,25). The minimum absolute atomic E-state index is 0.0886. The van der Waals surface area contributed by atoms with Gasteiger partial charge in [-0.3, -0.25) is 14.4 Å². The van der Waals surface area contributed by atoms with Crippen LogP contribution < -0.4 is 16.4 Å². The number of aromatic amines is 1. The lowest BCUT2D eigenvalue weighted by Gasteiger charge is -2.09. The fourth-order valence-electron chi connectivity index (χ4n) is 3.08. The van der Waals surface area contributed by atoms with Crippen LogP contribution in [0.2, 0.25) is 0 Å². The maximum atomic E-state index is 13.0. The zero-order valence-electron chi connectivity index (χ0n) is 15.0. The molecule has 0 unspecified atom stereocenters. The number of carbonyl (C=O) groups excluding carboxylic acids is 1. The summed E-state index contributed by atoms with van der Waals surface area (Å²) in [6, 6.07) is 11.7. The van der Waals surface area contributed by atoms with Crippen molar-refractivity contribution < 1.29 is 4.79 Å². The van der Waals surface area contributed by atoms with Crippen LogP contribution in [0.5, 0.6) is 0 Å². The average Bonchev–Trinajstić information content (AvgIpc) is 2.98. The SMILES string of the molecule is Cc1sc2[nH]c3c(C#N)cc(NC(=O)c4ccccc4)c(=O)n3c(=O)c2c1C. The largest absolute Gasteiger partial charge is 0.331 e. The summed E-state index contributed by atoms with van der Waals surface area (Å²) in [5.41, 5.74) is 0.0195. The number of anilines is 1. The van der Waals surface area contributed by atoms with Gasteiger partial charge in [0.05, 0.1) is 10.9 Å². The van der Waals surface area contributed by atoms with Gasteiger partial charge in [-0.25, -0.2) is 4.40 Å². The summed E-state index contributed by atoms with van der Waals surface area (Å²) in [4.78, 5) is 43.0. The number of fused-ring (bicyclic) bond motifs is 2. The molecule has 0 bridgehead atoms. The van der Waals surface area contributed by atoms with E-state index >= 15 is 0 Å². The molecule has 0 atom stereocenters. The average molecular weight is 390 g/mol. The van der Waals surface area contributed by atoms with Crippen LogP contribution in [0.4, 0.5) is 5.69 Å². The summed E-state index contributed by atoms with van der Waals surface area (Å²) in [6.07, 6.45) is 0. The first-order chi connectivity index (χ1) is 13.4. The minimum atomic E-state index is -0.690. The first-order valence-corrected chi connectivity index (χ1v) is 9.22. The molecule has 2 N–H and O–H groups in total. The van der Waals surface area contributed by atoms with E-state index in [2.05, 4.69) is 10.3 Å². The molecule has 8 heteroatoms. The van der Waals surface area contributed by atoms with Gasteiger partial charge in [-0.1, -0.05) is 18.2 Å². The number of nitriles is 1. The van der Waals surface area contributed by atoms with Crippen molar-refractivity contribution in [3.05, 3.63) is 78.7 Å². The van der Waals surface area contributed by atoms with E-state index < -0.39 is 17.0 Å². The highest BCUT2D eigenvalue weighted by molar-refractivity contribution is 7.18. The molecule has 4 aromatic rings. The number of hydrogen-bond donors (Lipinski definition) is 2. The molecule has 0 aliphatic rings. The summed E-state index contributed by atoms with van der Waals surface area (Å²) in [7, 11) is 0. The van der Waals surface area contributed by atoms with E-state index in [9.17, 15) is 19.6 Å². The molecule has 4 rings (SSSR count). The summed E-state index contributed by atoms with van der Waals surface area (Å²) >= 11 is 1.39. The van der Waals surface area contributed by atoms with Crippen LogP contribution >= 0.6 is 11.3 Å². The van der Waals surface area contributed by atoms with E-state index in [-0.39, 0.29) is 16.9 Å². The molecular formula is C20H14N4O3S. The minimum Gasteiger partial charge on any atom is -0.331 e. The highest BCUT2D eigenvalue weighted by Gasteiger charge is 2.19. The van der Waals surface area contributed by atoms with E-state index in [4.69, 9.17) is 0 Å². The Morgan fingerprint density at radius 2 is 1.89 bits per heavy atom. The Kier molecular flexibility index (Phi) is 4.09. The van der Waals surface area contributed by atoms with Crippen LogP contribution in [0.3, 0.4) is 0 Å². The van der Waals surface area contributed by atoms with Gasteiger partial charge in [0, 0.05) is 10.4 Å². The molecule has 0 aliphatic heterocycles. The predicted molar refractivity (Wildman–Crippen MR) is 108 cm³/mol. The van der Waals surface area contributed by atoms with Crippen molar-refractivity contribution in [2.24, 2.45) is 0 Å². The first kappa shape index (κ1) is 17.7. The second-order valence-electron chi connectivity index (χ2n) is 6.31. The Labute approximate surface area is 162 Å². The van der Waals surface area contributed by atoms with Gasteiger partial charge >= 0.3 is 0 Å². The number of aromatic nitrogens is 2. The number of hydrogen-bond acceptors (Lipinski definition) is 5. The number of nitrogens with zero attached hydrogens (tertiary/aromatic N) is 2. The lowest BCUT2D eigenvalue weighted by molar-refractivity contribution is 0.102. The molecule has 1 amide bonds. The molecule has 28 heavy (non-hydrogen) atoms. The third kappa shape index (κ3) is 2.61. The Bertz CT molecular complexity index is 1420. The number of benzene rings is 1. The number of carbonyl (C=O) groups is 1. The zero-order chi connectivity index (χ0) is 20.0. The lowest BCUT2D eigenvalue weighted by Crippen LogP contribution is -2.31. The van der Waals surface area contributed by atoms with Crippen LogP contribution in [0.1, 0.15) is 26.4 Å². The fraction of sp³-hybridized carbons (Fsp3) is 0.100. The van der Waals surface area contributed by atoms with Crippen LogP contribution in [-0.4, -0.2) is 15.3 Å². The molecule has 0 aliphatic carbocycles. The van der Waals surface area contributed by atoms with Crippen molar-refractivity contribution >= 4 is 38.8 Å². The van der Waals surface area contributed by atoms with E-state index in [0.29, 0.717) is 15.8 Å². The van der Waals surface area contributed by atoms with Gasteiger partial charge in [0.15, 0.2) is 0 Å². The molecule has 7 nitrogen and oxygen atoms in total. The topological polar surface area (TPSA) is 107 Å².